The lowest BCUT2D eigenvalue weighted by Gasteiger charge is -2.05. The highest BCUT2D eigenvalue weighted by molar-refractivity contribution is 9.10. The normalized spacial score (nSPS) is 13.2. The van der Waals surface area contributed by atoms with Gasteiger partial charge in [0.25, 0.3) is 0 Å². The molecule has 0 aliphatic heterocycles. The third-order valence-corrected chi connectivity index (χ3v) is 3.64. The van der Waals surface area contributed by atoms with Gasteiger partial charge in [0, 0.05) is 15.9 Å². The summed E-state index contributed by atoms with van der Waals surface area (Å²) < 4.78 is 1.17. The standard InChI is InChI=1S/C9H14BrNOS/c1-7(12)2-4-11-6-9-8(10)3-5-13-9/h3,5,7,11-12H,2,4,6H2,1H3/t7-/m0/s1. The van der Waals surface area contributed by atoms with Crippen LogP contribution in [-0.4, -0.2) is 17.8 Å². The van der Waals surface area contributed by atoms with E-state index in [1.807, 2.05) is 6.92 Å². The maximum Gasteiger partial charge on any atom is 0.0524 e. The first kappa shape index (κ1) is 11.2. The molecule has 0 saturated carbocycles. The fourth-order valence-electron chi connectivity index (χ4n) is 0.964. The average molecular weight is 264 g/mol. The van der Waals surface area contributed by atoms with E-state index in [1.165, 1.54) is 9.35 Å². The Kier molecular flexibility index (Phi) is 4.94. The number of aliphatic hydroxyl groups excluding tert-OH is 1. The maximum absolute atomic E-state index is 9.02. The molecule has 1 heterocycles. The minimum absolute atomic E-state index is 0.209. The van der Waals surface area contributed by atoms with Gasteiger partial charge >= 0.3 is 0 Å². The number of nitrogens with one attached hydrogen (secondary N) is 1. The van der Waals surface area contributed by atoms with Gasteiger partial charge in [0.15, 0.2) is 0 Å². The van der Waals surface area contributed by atoms with E-state index in [0.717, 1.165) is 19.5 Å². The van der Waals surface area contributed by atoms with Crippen LogP contribution in [0.1, 0.15) is 18.2 Å². The smallest absolute Gasteiger partial charge is 0.0524 e. The average Bonchev–Trinajstić information content (AvgIpc) is 2.45. The highest BCUT2D eigenvalue weighted by Crippen LogP contribution is 2.21. The molecule has 0 unspecified atom stereocenters. The zero-order valence-corrected chi connectivity index (χ0v) is 9.99. The summed E-state index contributed by atoms with van der Waals surface area (Å²) in [5.74, 6) is 0. The molecule has 0 spiro atoms. The Balaban J connectivity index is 2.17. The first-order valence-corrected chi connectivity index (χ1v) is 5.98. The van der Waals surface area contributed by atoms with Gasteiger partial charge in [0.05, 0.1) is 6.10 Å². The summed E-state index contributed by atoms with van der Waals surface area (Å²) in [6, 6.07) is 2.05. The van der Waals surface area contributed by atoms with Crippen molar-refractivity contribution in [3.05, 3.63) is 20.8 Å². The van der Waals surface area contributed by atoms with Crippen LogP contribution in [0.15, 0.2) is 15.9 Å². The zero-order valence-electron chi connectivity index (χ0n) is 7.59. The molecule has 1 aromatic heterocycles. The number of thiophene rings is 1. The van der Waals surface area contributed by atoms with E-state index in [1.54, 1.807) is 11.3 Å². The first-order chi connectivity index (χ1) is 6.20. The number of aliphatic hydroxyl groups is 1. The molecule has 2 N–H and O–H groups in total. The van der Waals surface area contributed by atoms with Gasteiger partial charge in [0.1, 0.15) is 0 Å². The van der Waals surface area contributed by atoms with Crippen LogP contribution in [0, 0.1) is 0 Å². The van der Waals surface area contributed by atoms with E-state index in [2.05, 4.69) is 32.7 Å². The molecule has 0 amide bonds. The summed E-state index contributed by atoms with van der Waals surface area (Å²) in [5.41, 5.74) is 0. The van der Waals surface area contributed by atoms with Crippen LogP contribution in [0.2, 0.25) is 0 Å². The zero-order chi connectivity index (χ0) is 9.68. The number of halogens is 1. The van der Waals surface area contributed by atoms with Crippen molar-refractivity contribution < 1.29 is 5.11 Å². The number of hydrogen-bond acceptors (Lipinski definition) is 3. The summed E-state index contributed by atoms with van der Waals surface area (Å²) in [7, 11) is 0. The molecule has 0 radical (unpaired) electrons. The fourth-order valence-corrected chi connectivity index (χ4v) is 2.43. The maximum atomic E-state index is 9.02. The van der Waals surface area contributed by atoms with E-state index in [0.29, 0.717) is 0 Å². The molecule has 0 aliphatic rings. The van der Waals surface area contributed by atoms with E-state index < -0.39 is 0 Å². The van der Waals surface area contributed by atoms with Gasteiger partial charge in [-0.3, -0.25) is 0 Å². The van der Waals surface area contributed by atoms with Gasteiger partial charge in [-0.05, 0) is 47.3 Å². The van der Waals surface area contributed by atoms with Crippen molar-refractivity contribution >= 4 is 27.3 Å². The molecule has 74 valence electrons. The highest BCUT2D eigenvalue weighted by Gasteiger charge is 2.00. The van der Waals surface area contributed by atoms with Gasteiger partial charge in [-0.25, -0.2) is 0 Å². The molecule has 1 atom stereocenters. The van der Waals surface area contributed by atoms with E-state index in [-0.39, 0.29) is 6.10 Å². The van der Waals surface area contributed by atoms with Crippen molar-refractivity contribution in [1.82, 2.24) is 5.32 Å². The minimum atomic E-state index is -0.209. The second-order valence-corrected chi connectivity index (χ2v) is 4.86. The molecule has 0 aliphatic carbocycles. The van der Waals surface area contributed by atoms with Crippen molar-refractivity contribution in [2.75, 3.05) is 6.54 Å². The van der Waals surface area contributed by atoms with E-state index >= 15 is 0 Å². The van der Waals surface area contributed by atoms with Gasteiger partial charge in [0.2, 0.25) is 0 Å². The van der Waals surface area contributed by atoms with Crippen LogP contribution >= 0.6 is 27.3 Å². The lowest BCUT2D eigenvalue weighted by molar-refractivity contribution is 0.183. The lowest BCUT2D eigenvalue weighted by Crippen LogP contribution is -2.18. The summed E-state index contributed by atoms with van der Waals surface area (Å²) in [5, 5.41) is 14.4. The molecule has 13 heavy (non-hydrogen) atoms. The van der Waals surface area contributed by atoms with Crippen molar-refractivity contribution in [1.29, 1.82) is 0 Å². The molecule has 0 bridgehead atoms. The van der Waals surface area contributed by atoms with Crippen LogP contribution in [-0.2, 0) is 6.54 Å². The van der Waals surface area contributed by atoms with Crippen LogP contribution in [0.5, 0.6) is 0 Å². The summed E-state index contributed by atoms with van der Waals surface area (Å²) in [6.07, 6.45) is 0.600. The number of hydrogen-bond donors (Lipinski definition) is 2. The van der Waals surface area contributed by atoms with Crippen LogP contribution in [0.4, 0.5) is 0 Å². The van der Waals surface area contributed by atoms with Crippen LogP contribution in [0.3, 0.4) is 0 Å². The third kappa shape index (κ3) is 4.22. The predicted octanol–water partition coefficient (Wildman–Crippen LogP) is 2.37. The Bertz CT molecular complexity index is 250. The molecule has 0 saturated heterocycles. The highest BCUT2D eigenvalue weighted by atomic mass is 79.9. The van der Waals surface area contributed by atoms with Crippen molar-refractivity contribution in [2.24, 2.45) is 0 Å². The molecule has 1 aromatic rings. The van der Waals surface area contributed by atoms with E-state index in [9.17, 15) is 0 Å². The Labute approximate surface area is 91.1 Å². The molecule has 0 aromatic carbocycles. The Morgan fingerprint density at radius 1 is 1.69 bits per heavy atom. The summed E-state index contributed by atoms with van der Waals surface area (Å²) >= 11 is 5.20. The number of rotatable bonds is 5. The molecular formula is C9H14BrNOS. The molecule has 1 rings (SSSR count). The second kappa shape index (κ2) is 5.75. The van der Waals surface area contributed by atoms with Crippen LogP contribution in [0.25, 0.3) is 0 Å². The van der Waals surface area contributed by atoms with Gasteiger partial charge in [-0.2, -0.15) is 0 Å². The van der Waals surface area contributed by atoms with Crippen molar-refractivity contribution in [3.63, 3.8) is 0 Å². The third-order valence-electron chi connectivity index (χ3n) is 1.72. The fraction of sp³-hybridized carbons (Fsp3) is 0.556. The van der Waals surface area contributed by atoms with Gasteiger partial charge in [-0.15, -0.1) is 11.3 Å². The van der Waals surface area contributed by atoms with Crippen molar-refractivity contribution in [3.8, 4) is 0 Å². The molecule has 0 fully saturated rings. The lowest BCUT2D eigenvalue weighted by atomic mass is 10.3. The first-order valence-electron chi connectivity index (χ1n) is 4.31. The largest absolute Gasteiger partial charge is 0.393 e. The Morgan fingerprint density at radius 2 is 2.46 bits per heavy atom. The Morgan fingerprint density at radius 3 is 3.00 bits per heavy atom. The van der Waals surface area contributed by atoms with Crippen molar-refractivity contribution in [2.45, 2.75) is 26.0 Å². The van der Waals surface area contributed by atoms with Crippen LogP contribution < -0.4 is 5.32 Å². The molecular weight excluding hydrogens is 250 g/mol. The molecule has 4 heteroatoms. The quantitative estimate of drug-likeness (QED) is 0.800. The predicted molar refractivity (Wildman–Crippen MR) is 60.0 cm³/mol. The van der Waals surface area contributed by atoms with E-state index in [4.69, 9.17) is 5.11 Å². The van der Waals surface area contributed by atoms with Gasteiger partial charge in [-0.1, -0.05) is 0 Å². The van der Waals surface area contributed by atoms with Gasteiger partial charge < -0.3 is 10.4 Å². The molecule has 2 nitrogen and oxygen atoms in total. The minimum Gasteiger partial charge on any atom is -0.393 e. The Hall–Kier alpha value is 0.100. The SMILES string of the molecule is C[C@H](O)CCNCc1sccc1Br. The summed E-state index contributed by atoms with van der Waals surface area (Å²) in [6.45, 7) is 3.55. The topological polar surface area (TPSA) is 32.3 Å². The summed E-state index contributed by atoms with van der Waals surface area (Å²) in [4.78, 5) is 1.31. The second-order valence-electron chi connectivity index (χ2n) is 3.01. The monoisotopic (exact) mass is 263 g/mol.